The van der Waals surface area contributed by atoms with Crippen LogP contribution in [0.5, 0.6) is 0 Å². The average Bonchev–Trinajstić information content (AvgIpc) is 2.52. The smallest absolute Gasteiger partial charge is 0.303 e. The molecule has 0 aromatic carbocycles. The number of hydrogen-bond acceptors (Lipinski definition) is 2. The van der Waals surface area contributed by atoms with Gasteiger partial charge in [0.1, 0.15) is 0 Å². The van der Waals surface area contributed by atoms with Crippen LogP contribution in [0.15, 0.2) is 48.6 Å². The summed E-state index contributed by atoms with van der Waals surface area (Å²) in [6.45, 7) is 0. The van der Waals surface area contributed by atoms with Crippen LogP contribution >= 0.6 is 0 Å². The number of carbonyl (C=O) groups is 1. The first-order valence-corrected chi connectivity index (χ1v) is 8.13. The van der Waals surface area contributed by atoms with Crippen LogP contribution in [0.2, 0.25) is 0 Å². The fourth-order valence-corrected chi connectivity index (χ4v) is 1.77. The minimum Gasteiger partial charge on any atom is -0.481 e. The number of aliphatic hydroxyl groups is 1. The molecule has 0 heterocycles. The van der Waals surface area contributed by atoms with Crippen molar-refractivity contribution in [3.05, 3.63) is 48.6 Å². The molecule has 0 rings (SSSR count). The van der Waals surface area contributed by atoms with Crippen molar-refractivity contribution in [1.82, 2.24) is 0 Å². The molecule has 0 aliphatic rings. The first-order chi connectivity index (χ1) is 11.2. The van der Waals surface area contributed by atoms with Crippen molar-refractivity contribution in [2.75, 3.05) is 0 Å². The van der Waals surface area contributed by atoms with E-state index in [0.29, 0.717) is 12.8 Å². The number of rotatable bonds is 13. The van der Waals surface area contributed by atoms with Gasteiger partial charge in [0, 0.05) is 12.8 Å². The second kappa shape index (κ2) is 16.3. The molecule has 3 nitrogen and oxygen atoms in total. The van der Waals surface area contributed by atoms with Crippen LogP contribution in [0.3, 0.4) is 0 Å². The Labute approximate surface area is 140 Å². The minimum atomic E-state index is -0.746. The summed E-state index contributed by atoms with van der Waals surface area (Å²) in [6.07, 6.45) is 26.1. The van der Waals surface area contributed by atoms with E-state index in [1.165, 1.54) is 0 Å². The zero-order valence-electron chi connectivity index (χ0n) is 13.7. The molecule has 0 saturated carbocycles. The molecule has 1 atom stereocenters. The van der Waals surface area contributed by atoms with Gasteiger partial charge in [-0.3, -0.25) is 4.79 Å². The molecule has 1 unspecified atom stereocenters. The molecule has 2 N–H and O–H groups in total. The average molecular weight is 316 g/mol. The Balaban J connectivity index is 3.64. The molecule has 0 amide bonds. The van der Waals surface area contributed by atoms with Gasteiger partial charge in [0.05, 0.1) is 6.10 Å². The van der Waals surface area contributed by atoms with Crippen LogP contribution in [0.1, 0.15) is 51.4 Å². The van der Waals surface area contributed by atoms with Crippen molar-refractivity contribution in [3.8, 4) is 12.3 Å². The zero-order chi connectivity index (χ0) is 17.2. The summed E-state index contributed by atoms with van der Waals surface area (Å²) < 4.78 is 0. The highest BCUT2D eigenvalue weighted by Crippen LogP contribution is 2.01. The largest absolute Gasteiger partial charge is 0.481 e. The third-order valence-electron chi connectivity index (χ3n) is 3.02. The molecular formula is C20H28O3. The molecule has 0 bridgehead atoms. The van der Waals surface area contributed by atoms with E-state index in [0.717, 1.165) is 32.1 Å². The van der Waals surface area contributed by atoms with E-state index < -0.39 is 12.1 Å². The van der Waals surface area contributed by atoms with Crippen LogP contribution in [0.25, 0.3) is 0 Å². The Morgan fingerprint density at radius 2 is 1.78 bits per heavy atom. The van der Waals surface area contributed by atoms with E-state index in [1.807, 2.05) is 36.5 Å². The van der Waals surface area contributed by atoms with E-state index in [1.54, 1.807) is 6.08 Å². The molecule has 0 saturated heterocycles. The minimum absolute atomic E-state index is 0.221. The fourth-order valence-electron chi connectivity index (χ4n) is 1.77. The van der Waals surface area contributed by atoms with E-state index >= 15 is 0 Å². The van der Waals surface area contributed by atoms with Gasteiger partial charge in [-0.1, -0.05) is 48.6 Å². The quantitative estimate of drug-likeness (QED) is 0.229. The van der Waals surface area contributed by atoms with Gasteiger partial charge < -0.3 is 10.2 Å². The molecule has 0 aromatic heterocycles. The standard InChI is InChI=1S/C20H28O3/c1-2-3-4-5-10-13-16-19(21)17-14-11-8-6-7-9-12-15-18-20(22)23/h1,7-11,13-14,17,19,21H,3-6,12,15-16,18H2,(H,22,23). The predicted octanol–water partition coefficient (Wildman–Crippen LogP) is 4.41. The Kier molecular flexibility index (Phi) is 14.9. The van der Waals surface area contributed by atoms with Crippen LogP contribution < -0.4 is 0 Å². The number of aliphatic hydroxyl groups excluding tert-OH is 1. The van der Waals surface area contributed by atoms with Gasteiger partial charge in [-0.15, -0.1) is 12.3 Å². The molecule has 0 fully saturated rings. The zero-order valence-corrected chi connectivity index (χ0v) is 13.7. The van der Waals surface area contributed by atoms with Crippen LogP contribution in [0.4, 0.5) is 0 Å². The predicted molar refractivity (Wildman–Crippen MR) is 96.0 cm³/mol. The second-order valence-corrected chi connectivity index (χ2v) is 5.18. The van der Waals surface area contributed by atoms with E-state index in [9.17, 15) is 9.90 Å². The molecule has 0 radical (unpaired) electrons. The van der Waals surface area contributed by atoms with E-state index in [-0.39, 0.29) is 6.42 Å². The summed E-state index contributed by atoms with van der Waals surface area (Å²) in [4.78, 5) is 10.3. The molecular weight excluding hydrogens is 288 g/mol. The third kappa shape index (κ3) is 17.9. The summed E-state index contributed by atoms with van der Waals surface area (Å²) in [5.41, 5.74) is 0. The van der Waals surface area contributed by atoms with Crippen LogP contribution in [-0.2, 0) is 4.79 Å². The van der Waals surface area contributed by atoms with Crippen LogP contribution in [-0.4, -0.2) is 22.3 Å². The maximum absolute atomic E-state index is 10.3. The summed E-state index contributed by atoms with van der Waals surface area (Å²) >= 11 is 0. The molecule has 0 aliphatic carbocycles. The SMILES string of the molecule is C#CCCCC=CCC(O)C=CC=CCC=CCCCC(=O)O. The number of allylic oxidation sites excluding steroid dienone is 6. The second-order valence-electron chi connectivity index (χ2n) is 5.18. The van der Waals surface area contributed by atoms with E-state index in [4.69, 9.17) is 11.5 Å². The number of unbranched alkanes of at least 4 members (excludes halogenated alkanes) is 3. The van der Waals surface area contributed by atoms with E-state index in [2.05, 4.69) is 12.0 Å². The Morgan fingerprint density at radius 3 is 2.52 bits per heavy atom. The summed E-state index contributed by atoms with van der Waals surface area (Å²) in [5.74, 6) is 1.85. The van der Waals surface area contributed by atoms with Crippen LogP contribution in [0, 0.1) is 12.3 Å². The lowest BCUT2D eigenvalue weighted by molar-refractivity contribution is -0.137. The Morgan fingerprint density at radius 1 is 1.04 bits per heavy atom. The fraction of sp³-hybridized carbons (Fsp3) is 0.450. The van der Waals surface area contributed by atoms with Crippen molar-refractivity contribution < 1.29 is 15.0 Å². The topological polar surface area (TPSA) is 57.5 Å². The van der Waals surface area contributed by atoms with Crippen molar-refractivity contribution in [2.45, 2.75) is 57.5 Å². The van der Waals surface area contributed by atoms with Gasteiger partial charge in [0.25, 0.3) is 0 Å². The summed E-state index contributed by atoms with van der Waals surface area (Å²) in [7, 11) is 0. The van der Waals surface area contributed by atoms with Gasteiger partial charge in [-0.2, -0.15) is 0 Å². The van der Waals surface area contributed by atoms with Crippen molar-refractivity contribution in [3.63, 3.8) is 0 Å². The highest BCUT2D eigenvalue weighted by Gasteiger charge is 1.93. The lowest BCUT2D eigenvalue weighted by Crippen LogP contribution is -1.98. The lowest BCUT2D eigenvalue weighted by Gasteiger charge is -1.99. The van der Waals surface area contributed by atoms with Crippen molar-refractivity contribution in [2.24, 2.45) is 0 Å². The number of aliphatic carboxylic acids is 1. The van der Waals surface area contributed by atoms with Crippen molar-refractivity contribution in [1.29, 1.82) is 0 Å². The molecule has 0 spiro atoms. The molecule has 23 heavy (non-hydrogen) atoms. The molecule has 0 aliphatic heterocycles. The Bertz CT molecular complexity index is 450. The summed E-state index contributed by atoms with van der Waals surface area (Å²) in [5, 5.41) is 18.2. The third-order valence-corrected chi connectivity index (χ3v) is 3.02. The molecule has 3 heteroatoms. The Hall–Kier alpha value is -2.05. The van der Waals surface area contributed by atoms with Gasteiger partial charge in [0.15, 0.2) is 0 Å². The monoisotopic (exact) mass is 316 g/mol. The molecule has 126 valence electrons. The van der Waals surface area contributed by atoms with Crippen molar-refractivity contribution >= 4 is 5.97 Å². The van der Waals surface area contributed by atoms with Gasteiger partial charge in [-0.05, 0) is 38.5 Å². The van der Waals surface area contributed by atoms with Gasteiger partial charge >= 0.3 is 5.97 Å². The first kappa shape index (κ1) is 20.9. The maximum Gasteiger partial charge on any atom is 0.303 e. The van der Waals surface area contributed by atoms with Gasteiger partial charge in [0.2, 0.25) is 0 Å². The molecule has 0 aromatic rings. The highest BCUT2D eigenvalue weighted by atomic mass is 16.4. The number of carboxylic acid groups (broad SMARTS) is 1. The lowest BCUT2D eigenvalue weighted by atomic mass is 10.2. The number of carboxylic acids is 1. The summed E-state index contributed by atoms with van der Waals surface area (Å²) in [6, 6.07) is 0. The first-order valence-electron chi connectivity index (χ1n) is 8.13. The highest BCUT2D eigenvalue weighted by molar-refractivity contribution is 5.66. The maximum atomic E-state index is 10.3. The number of hydrogen-bond donors (Lipinski definition) is 2. The normalized spacial score (nSPS) is 13.4. The number of terminal acetylenes is 1. The van der Waals surface area contributed by atoms with Gasteiger partial charge in [-0.25, -0.2) is 0 Å².